The number of primary amides is 1. The molecule has 0 bridgehead atoms. The standard InChI is InChI=1S/C62H83N17O25/c1-27-52(93)74-38(20-48(87)88)53(94)68-24-46(84)72-42(26-80)60(101)73-35(14-15-47(85)86)55(96)78-41(18-43(81)31-10-4-6-11-32(31)64)62(103)104-28(2)51(61(102)69-25-45(83)71-34(13-8-16-63)54(95)76-39(21-49(89)90)57(98)70-27)79-59(100)40(22-50(91)92)77-58(99)37(19-44(65)82)75-56(97)36(66-3)17-29-23-67-33-12-7-5-9-30(29)33/h4-7,9-12,23,27-28,34-42,51,66-67,80H,8,13-22,24-26,63-64H2,1-3H3,(H2,65,82)(H,68,94)(H,69,102)(H,70,98)(H,71,83)(H,72,84)(H,73,101)(H,74,93)(H,75,97)(H,76,95)(H,77,99)(H,78,96)(H,79,100)(H,85,86)(H,87,88)(H,89,90)(H,91,92). The Morgan fingerprint density at radius 3 is 1.66 bits per heavy atom. The average molecular weight is 1470 g/mol. The van der Waals surface area contributed by atoms with Gasteiger partial charge in [-0.1, -0.05) is 30.3 Å². The van der Waals surface area contributed by atoms with Crippen molar-refractivity contribution in [2.45, 2.75) is 151 Å². The van der Waals surface area contributed by atoms with Crippen LogP contribution in [-0.4, -0.2) is 249 Å². The van der Waals surface area contributed by atoms with Crippen LogP contribution in [-0.2, 0) is 97.5 Å². The van der Waals surface area contributed by atoms with E-state index in [-0.39, 0.29) is 37.1 Å². The van der Waals surface area contributed by atoms with Gasteiger partial charge in [-0.25, -0.2) is 4.79 Å². The zero-order valence-corrected chi connectivity index (χ0v) is 56.2. The van der Waals surface area contributed by atoms with E-state index in [9.17, 15) is 117 Å². The van der Waals surface area contributed by atoms with E-state index in [0.29, 0.717) is 11.1 Å². The zero-order valence-electron chi connectivity index (χ0n) is 56.2. The predicted molar refractivity (Wildman–Crippen MR) is 354 cm³/mol. The smallest absolute Gasteiger partial charge is 0.329 e. The number of hydrogen-bond donors (Lipinski definition) is 22. The van der Waals surface area contributed by atoms with Gasteiger partial charge < -0.3 is 122 Å². The van der Waals surface area contributed by atoms with Crippen molar-refractivity contribution in [1.82, 2.24) is 74.1 Å². The van der Waals surface area contributed by atoms with Gasteiger partial charge in [-0.05, 0) is 76.9 Å². The maximum atomic E-state index is 14.6. The van der Waals surface area contributed by atoms with Gasteiger partial charge in [-0.15, -0.1) is 0 Å². The van der Waals surface area contributed by atoms with Crippen molar-refractivity contribution in [3.63, 3.8) is 0 Å². The van der Waals surface area contributed by atoms with Gasteiger partial charge in [0.2, 0.25) is 76.8 Å². The molecule has 2 aromatic carbocycles. The summed E-state index contributed by atoms with van der Waals surface area (Å²) in [5, 5.41) is 78.1. The van der Waals surface area contributed by atoms with Crippen LogP contribution in [0, 0.1) is 0 Å². The minimum absolute atomic E-state index is 0.00584. The number of rotatable bonds is 27. The third kappa shape index (κ3) is 27.0. The van der Waals surface area contributed by atoms with Crippen LogP contribution in [0.1, 0.15) is 87.6 Å². The summed E-state index contributed by atoms with van der Waals surface area (Å²) in [4.78, 5) is 259. The number of carboxylic acids is 4. The van der Waals surface area contributed by atoms with Crippen LogP contribution in [0.2, 0.25) is 0 Å². The molecule has 3 aromatic rings. The van der Waals surface area contributed by atoms with Gasteiger partial charge in [0.25, 0.3) is 0 Å². The fourth-order valence-electron chi connectivity index (χ4n) is 10.0. The molecular formula is C62H83N17O25. The number of H-pyrrole nitrogens is 1. The van der Waals surface area contributed by atoms with E-state index in [2.05, 4.69) is 58.2 Å². The van der Waals surface area contributed by atoms with Crippen molar-refractivity contribution >= 4 is 129 Å². The van der Waals surface area contributed by atoms with Gasteiger partial charge in [0, 0.05) is 41.2 Å². The van der Waals surface area contributed by atoms with Gasteiger partial charge >= 0.3 is 29.8 Å². The Kier molecular flexibility index (Phi) is 33.1. The van der Waals surface area contributed by atoms with Crippen LogP contribution in [0.4, 0.5) is 5.69 Å². The number of likely N-dealkylation sites (N-methyl/N-ethyl adjacent to an activating group) is 1. The molecule has 2 heterocycles. The van der Waals surface area contributed by atoms with Crippen molar-refractivity contribution in [3.8, 4) is 0 Å². The number of hydrogen-bond acceptors (Lipinski definition) is 24. The molecule has 1 aliphatic heterocycles. The zero-order chi connectivity index (χ0) is 77.7. The molecule has 0 spiro atoms. The minimum Gasteiger partial charge on any atom is -0.481 e. The van der Waals surface area contributed by atoms with E-state index in [0.717, 1.165) is 19.2 Å². The van der Waals surface area contributed by atoms with Gasteiger partial charge in [0.05, 0.1) is 51.4 Å². The Morgan fingerprint density at radius 2 is 1.09 bits per heavy atom. The summed E-state index contributed by atoms with van der Waals surface area (Å²) < 4.78 is 5.62. The van der Waals surface area contributed by atoms with E-state index >= 15 is 0 Å². The first-order chi connectivity index (χ1) is 49.0. The maximum Gasteiger partial charge on any atom is 0.329 e. The first kappa shape index (κ1) is 84.2. The highest BCUT2D eigenvalue weighted by molar-refractivity contribution is 6.05. The second kappa shape index (κ2) is 40.9. The molecule has 13 amide bonds. The number of fused-ring (bicyclic) bond motifs is 1. The lowest BCUT2D eigenvalue weighted by Crippen LogP contribution is -2.61. The maximum absolute atomic E-state index is 14.6. The lowest BCUT2D eigenvalue weighted by Gasteiger charge is -2.29. The molecule has 12 unspecified atom stereocenters. The lowest BCUT2D eigenvalue weighted by atomic mass is 10.0. The highest BCUT2D eigenvalue weighted by atomic mass is 16.5. The summed E-state index contributed by atoms with van der Waals surface area (Å²) in [6, 6.07) is -9.66. The van der Waals surface area contributed by atoms with Gasteiger partial charge in [-0.3, -0.25) is 86.3 Å². The number of amides is 13. The summed E-state index contributed by atoms with van der Waals surface area (Å²) in [5.74, 6) is -27.1. The monoisotopic (exact) mass is 1470 g/mol. The summed E-state index contributed by atoms with van der Waals surface area (Å²) >= 11 is 0. The number of carboxylic acid groups (broad SMARTS) is 4. The number of anilines is 1. The molecule has 0 saturated carbocycles. The van der Waals surface area contributed by atoms with E-state index in [4.69, 9.17) is 21.9 Å². The number of nitrogen functional groups attached to an aromatic ring is 1. The number of nitrogens with two attached hydrogens (primary N) is 3. The van der Waals surface area contributed by atoms with Gasteiger partial charge in [0.15, 0.2) is 5.78 Å². The van der Waals surface area contributed by atoms with Crippen LogP contribution in [0.5, 0.6) is 0 Å². The highest BCUT2D eigenvalue weighted by Crippen LogP contribution is 2.20. The molecule has 566 valence electrons. The van der Waals surface area contributed by atoms with E-state index in [1.54, 1.807) is 30.5 Å². The number of cyclic esters (lactones) is 1. The lowest BCUT2D eigenvalue weighted by molar-refractivity contribution is -0.156. The second-order valence-electron chi connectivity index (χ2n) is 23.5. The molecule has 42 nitrogen and oxygen atoms in total. The third-order valence-corrected chi connectivity index (χ3v) is 15.5. The van der Waals surface area contributed by atoms with Crippen LogP contribution in [0.3, 0.4) is 0 Å². The number of carbonyl (C=O) groups excluding carboxylic acids is 15. The first-order valence-corrected chi connectivity index (χ1v) is 31.9. The van der Waals surface area contributed by atoms with Crippen molar-refractivity contribution < 1.29 is 121 Å². The van der Waals surface area contributed by atoms with Gasteiger partial charge in [0.1, 0.15) is 66.5 Å². The van der Waals surface area contributed by atoms with Crippen molar-refractivity contribution in [2.24, 2.45) is 11.5 Å². The number of aromatic nitrogens is 1. The fraction of sp³-hybridized carbons (Fsp3) is 0.468. The molecule has 25 N–H and O–H groups in total. The number of aliphatic hydroxyl groups excluding tert-OH is 1. The molecule has 1 fully saturated rings. The fourth-order valence-corrected chi connectivity index (χ4v) is 10.0. The number of ketones is 1. The number of nitrogens with one attached hydrogen (secondary N) is 14. The topological polar surface area (TPSA) is 685 Å². The molecule has 4 rings (SSSR count). The van der Waals surface area contributed by atoms with Gasteiger partial charge in [-0.2, -0.15) is 0 Å². The molecule has 0 radical (unpaired) electrons. The molecular weight excluding hydrogens is 1380 g/mol. The average Bonchev–Trinajstić information content (AvgIpc) is 1.55. The number of aromatic amines is 1. The Labute approximate surface area is 589 Å². The molecule has 12 atom stereocenters. The quantitative estimate of drug-likeness (QED) is 0.0191. The number of benzene rings is 2. The third-order valence-electron chi connectivity index (χ3n) is 15.5. The molecule has 1 aliphatic rings. The van der Waals surface area contributed by atoms with Crippen LogP contribution in [0.25, 0.3) is 10.9 Å². The number of aliphatic hydroxyl groups is 1. The molecule has 1 saturated heterocycles. The number of aliphatic carboxylic acids is 4. The molecule has 104 heavy (non-hydrogen) atoms. The van der Waals surface area contributed by atoms with Crippen LogP contribution >= 0.6 is 0 Å². The number of carbonyl (C=O) groups is 19. The van der Waals surface area contributed by atoms with Crippen molar-refractivity contribution in [1.29, 1.82) is 0 Å². The van der Waals surface area contributed by atoms with Crippen LogP contribution in [0.15, 0.2) is 54.7 Å². The highest BCUT2D eigenvalue weighted by Gasteiger charge is 2.40. The molecule has 0 aliphatic carbocycles. The Bertz CT molecular complexity index is 3740. The van der Waals surface area contributed by atoms with E-state index < -0.39 is 250 Å². The number of esters is 1. The number of Topliss-reactive ketones (excluding diaryl/α,β-unsaturated/α-hetero) is 1. The Balaban J connectivity index is 1.85. The predicted octanol–water partition coefficient (Wildman–Crippen LogP) is -8.91. The number of para-hydroxylation sites is 2. The summed E-state index contributed by atoms with van der Waals surface area (Å²) in [6.07, 6.45) is -8.64. The van der Waals surface area contributed by atoms with Crippen molar-refractivity contribution in [2.75, 3.05) is 39.0 Å². The Morgan fingerprint density at radius 1 is 0.567 bits per heavy atom. The summed E-state index contributed by atoms with van der Waals surface area (Å²) in [5.41, 5.74) is 18.1. The molecule has 42 heteroatoms. The summed E-state index contributed by atoms with van der Waals surface area (Å²) in [6.45, 7) is -1.98. The largest absolute Gasteiger partial charge is 0.481 e. The number of ether oxygens (including phenoxy) is 1. The first-order valence-electron chi connectivity index (χ1n) is 31.9. The van der Waals surface area contributed by atoms with E-state index in [1.165, 1.54) is 31.3 Å². The normalized spacial score (nSPS) is 21.9. The Hall–Kier alpha value is -12.2. The van der Waals surface area contributed by atoms with Crippen molar-refractivity contribution in [3.05, 3.63) is 65.9 Å². The SMILES string of the molecule is CNC(Cc1c[nH]c2ccccc12)C(=O)NC(CC(N)=O)C(=O)NC(CC(=O)O)C(=O)NC1C(=O)NCC(=O)NC(CCCN)C(=O)NC(CC(=O)O)C(=O)NC(C)C(=O)NC(CC(=O)O)C(=O)NCC(=O)NC(CO)C(=O)NC(CCC(=O)O)C(=O)NC(CC(=O)c2ccccc2N)C(=O)OC1C. The summed E-state index contributed by atoms with van der Waals surface area (Å²) in [7, 11) is 1.41. The van der Waals surface area contributed by atoms with E-state index in [1.807, 2.05) is 16.0 Å². The molecule has 1 aromatic heterocycles. The minimum atomic E-state index is -2.41. The second-order valence-corrected chi connectivity index (χ2v) is 23.5. The van der Waals surface area contributed by atoms with Crippen LogP contribution < -0.4 is 86.3 Å².